The first-order valence-corrected chi connectivity index (χ1v) is 7.35. The highest BCUT2D eigenvalue weighted by Gasteiger charge is 2.34. The summed E-state index contributed by atoms with van der Waals surface area (Å²) in [5, 5.41) is 12.3. The first-order valence-electron chi connectivity index (χ1n) is 6.97. The zero-order valence-electron chi connectivity index (χ0n) is 11.8. The van der Waals surface area contributed by atoms with E-state index in [9.17, 15) is 9.59 Å². The molecule has 2 N–H and O–H groups in total. The summed E-state index contributed by atoms with van der Waals surface area (Å²) in [4.78, 5) is 23.2. The molecule has 5 nitrogen and oxygen atoms in total. The van der Waals surface area contributed by atoms with Crippen molar-refractivity contribution in [1.29, 1.82) is 0 Å². The highest BCUT2D eigenvalue weighted by Crippen LogP contribution is 2.34. The number of hydrogen-bond donors (Lipinski definition) is 2. The lowest BCUT2D eigenvalue weighted by Crippen LogP contribution is -2.22. The van der Waals surface area contributed by atoms with Gasteiger partial charge in [0.05, 0.1) is 18.2 Å². The number of hydrogen-bond acceptors (Lipinski definition) is 3. The van der Waals surface area contributed by atoms with Gasteiger partial charge in [-0.2, -0.15) is 0 Å². The molecule has 0 bridgehead atoms. The molecule has 1 aromatic rings. The zero-order chi connectivity index (χ0) is 15.4. The van der Waals surface area contributed by atoms with Crippen LogP contribution in [0.4, 0.5) is 5.69 Å². The van der Waals surface area contributed by atoms with Crippen molar-refractivity contribution >= 4 is 29.2 Å². The van der Waals surface area contributed by atoms with Crippen LogP contribution in [0, 0.1) is 11.8 Å². The molecule has 0 radical (unpaired) electrons. The quantitative estimate of drug-likeness (QED) is 0.875. The summed E-state index contributed by atoms with van der Waals surface area (Å²) in [5.74, 6) is -1.15. The van der Waals surface area contributed by atoms with Crippen LogP contribution in [0.15, 0.2) is 18.2 Å². The van der Waals surface area contributed by atoms with Crippen molar-refractivity contribution in [3.8, 4) is 5.75 Å². The van der Waals surface area contributed by atoms with Gasteiger partial charge in [-0.1, -0.05) is 11.6 Å². The van der Waals surface area contributed by atoms with Crippen LogP contribution in [0.25, 0.3) is 0 Å². The first kappa shape index (κ1) is 15.6. The number of carbonyl (C=O) groups is 2. The number of carboxylic acids is 1. The summed E-state index contributed by atoms with van der Waals surface area (Å²) < 4.78 is 5.45. The van der Waals surface area contributed by atoms with Gasteiger partial charge < -0.3 is 15.2 Å². The van der Waals surface area contributed by atoms with Crippen LogP contribution >= 0.6 is 11.6 Å². The van der Waals surface area contributed by atoms with Crippen molar-refractivity contribution in [2.75, 3.05) is 11.9 Å². The zero-order valence-corrected chi connectivity index (χ0v) is 12.5. The molecule has 1 saturated carbocycles. The van der Waals surface area contributed by atoms with Crippen molar-refractivity contribution in [2.45, 2.75) is 26.2 Å². The molecule has 1 aliphatic carbocycles. The van der Waals surface area contributed by atoms with Crippen molar-refractivity contribution in [3.05, 3.63) is 23.2 Å². The molecule has 1 aliphatic rings. The van der Waals surface area contributed by atoms with E-state index >= 15 is 0 Å². The van der Waals surface area contributed by atoms with Gasteiger partial charge in [0.25, 0.3) is 0 Å². The van der Waals surface area contributed by atoms with Gasteiger partial charge in [-0.25, -0.2) is 0 Å². The van der Waals surface area contributed by atoms with Gasteiger partial charge in [-0.05, 0) is 44.4 Å². The summed E-state index contributed by atoms with van der Waals surface area (Å²) in [5.41, 5.74) is 0.521. The normalized spacial score (nSPS) is 21.0. The Morgan fingerprint density at radius 1 is 1.38 bits per heavy atom. The average molecular weight is 312 g/mol. The van der Waals surface area contributed by atoms with Crippen LogP contribution in [0.2, 0.25) is 5.02 Å². The fourth-order valence-electron chi connectivity index (χ4n) is 2.56. The van der Waals surface area contributed by atoms with Crippen LogP contribution in [-0.2, 0) is 9.59 Å². The Morgan fingerprint density at radius 2 is 2.10 bits per heavy atom. The average Bonchev–Trinajstić information content (AvgIpc) is 2.92. The van der Waals surface area contributed by atoms with E-state index in [1.165, 1.54) is 0 Å². The number of rotatable bonds is 5. The Bertz CT molecular complexity index is 546. The number of carbonyl (C=O) groups excluding carboxylic acids is 1. The molecule has 2 rings (SSSR count). The third-order valence-electron chi connectivity index (χ3n) is 3.65. The van der Waals surface area contributed by atoms with Crippen molar-refractivity contribution < 1.29 is 19.4 Å². The first-order chi connectivity index (χ1) is 10.0. The Balaban J connectivity index is 2.06. The number of nitrogens with one attached hydrogen (secondary N) is 1. The van der Waals surface area contributed by atoms with Gasteiger partial charge in [0, 0.05) is 10.9 Å². The fraction of sp³-hybridized carbons (Fsp3) is 0.467. The lowest BCUT2D eigenvalue weighted by Gasteiger charge is -2.14. The minimum atomic E-state index is -0.830. The largest absolute Gasteiger partial charge is 0.492 e. The summed E-state index contributed by atoms with van der Waals surface area (Å²) >= 11 is 5.94. The van der Waals surface area contributed by atoms with E-state index in [0.717, 1.165) is 0 Å². The fourth-order valence-corrected chi connectivity index (χ4v) is 2.73. The maximum atomic E-state index is 12.2. The molecule has 0 unspecified atom stereocenters. The van der Waals surface area contributed by atoms with E-state index in [4.69, 9.17) is 21.4 Å². The standard InChI is InChI=1S/C15H18ClNO4/c1-2-21-13-6-5-11(16)8-12(13)17-14(18)9-3-4-10(7-9)15(19)20/h5-6,8-10H,2-4,7H2,1H3,(H,17,18)(H,19,20)/t9-,10+/m1/s1. The molecule has 6 heteroatoms. The summed E-state index contributed by atoms with van der Waals surface area (Å²) in [6.07, 6.45) is 1.51. The molecule has 0 saturated heterocycles. The van der Waals surface area contributed by atoms with E-state index in [2.05, 4.69) is 5.32 Å². The predicted octanol–water partition coefficient (Wildman–Crippen LogP) is 3.18. The van der Waals surface area contributed by atoms with E-state index in [0.29, 0.717) is 42.3 Å². The number of ether oxygens (including phenoxy) is 1. The molecule has 1 amide bonds. The van der Waals surface area contributed by atoms with Gasteiger partial charge in [0.2, 0.25) is 5.91 Å². The van der Waals surface area contributed by atoms with Crippen LogP contribution in [-0.4, -0.2) is 23.6 Å². The summed E-state index contributed by atoms with van der Waals surface area (Å²) in [6.45, 7) is 2.34. The molecule has 0 heterocycles. The smallest absolute Gasteiger partial charge is 0.306 e. The van der Waals surface area contributed by atoms with Crippen molar-refractivity contribution in [3.63, 3.8) is 0 Å². The number of carboxylic acid groups (broad SMARTS) is 1. The van der Waals surface area contributed by atoms with Crippen LogP contribution in [0.5, 0.6) is 5.75 Å². The SMILES string of the molecule is CCOc1ccc(Cl)cc1NC(=O)[C@@H]1CC[C@H](C(=O)O)C1. The second kappa shape index (κ2) is 6.80. The second-order valence-electron chi connectivity index (χ2n) is 5.11. The minimum Gasteiger partial charge on any atom is -0.492 e. The molecule has 0 aromatic heterocycles. The van der Waals surface area contributed by atoms with Gasteiger partial charge in [0.15, 0.2) is 0 Å². The van der Waals surface area contributed by atoms with Gasteiger partial charge >= 0.3 is 5.97 Å². The van der Waals surface area contributed by atoms with E-state index in [1.807, 2.05) is 6.92 Å². The lowest BCUT2D eigenvalue weighted by atomic mass is 10.0. The van der Waals surface area contributed by atoms with Gasteiger partial charge in [0.1, 0.15) is 5.75 Å². The molecule has 114 valence electrons. The maximum Gasteiger partial charge on any atom is 0.306 e. The Morgan fingerprint density at radius 3 is 2.71 bits per heavy atom. The monoisotopic (exact) mass is 311 g/mol. The third kappa shape index (κ3) is 3.88. The minimum absolute atomic E-state index is 0.179. The highest BCUT2D eigenvalue weighted by molar-refractivity contribution is 6.31. The molecular formula is C15H18ClNO4. The maximum absolute atomic E-state index is 12.2. The number of benzene rings is 1. The molecular weight excluding hydrogens is 294 g/mol. The van der Waals surface area contributed by atoms with Crippen molar-refractivity contribution in [1.82, 2.24) is 0 Å². The predicted molar refractivity (Wildman–Crippen MR) is 79.7 cm³/mol. The summed E-state index contributed by atoms with van der Waals surface area (Å²) in [7, 11) is 0. The van der Waals surface area contributed by atoms with Crippen LogP contribution in [0.3, 0.4) is 0 Å². The third-order valence-corrected chi connectivity index (χ3v) is 3.89. The van der Waals surface area contributed by atoms with E-state index in [-0.39, 0.29) is 11.8 Å². The van der Waals surface area contributed by atoms with Gasteiger partial charge in [-0.15, -0.1) is 0 Å². The molecule has 0 spiro atoms. The summed E-state index contributed by atoms with van der Waals surface area (Å²) in [6, 6.07) is 5.03. The molecule has 0 aliphatic heterocycles. The highest BCUT2D eigenvalue weighted by atomic mass is 35.5. The van der Waals surface area contributed by atoms with Crippen LogP contribution in [0.1, 0.15) is 26.2 Å². The number of anilines is 1. The number of halogens is 1. The molecule has 21 heavy (non-hydrogen) atoms. The Hall–Kier alpha value is -1.75. The van der Waals surface area contributed by atoms with Gasteiger partial charge in [-0.3, -0.25) is 9.59 Å². The Labute approximate surface area is 128 Å². The number of aliphatic carboxylic acids is 1. The topological polar surface area (TPSA) is 75.6 Å². The Kier molecular flexibility index (Phi) is 5.07. The molecule has 1 aromatic carbocycles. The van der Waals surface area contributed by atoms with Crippen LogP contribution < -0.4 is 10.1 Å². The second-order valence-corrected chi connectivity index (χ2v) is 5.54. The van der Waals surface area contributed by atoms with E-state index in [1.54, 1.807) is 18.2 Å². The number of amides is 1. The van der Waals surface area contributed by atoms with Crippen molar-refractivity contribution in [2.24, 2.45) is 11.8 Å². The van der Waals surface area contributed by atoms with E-state index < -0.39 is 11.9 Å². The molecule has 2 atom stereocenters. The lowest BCUT2D eigenvalue weighted by molar-refractivity contribution is -0.141. The molecule has 1 fully saturated rings.